The van der Waals surface area contributed by atoms with E-state index in [1.54, 1.807) is 0 Å². The molecule has 13 aromatic carbocycles. The van der Waals surface area contributed by atoms with Crippen LogP contribution in [0.4, 0.5) is 68.2 Å². The number of hydrogen-bond donors (Lipinski definition) is 0. The van der Waals surface area contributed by atoms with E-state index >= 15 is 0 Å². The smallest absolute Gasteiger partial charge is 0.297 e. The Kier molecular flexibility index (Phi) is 13.5. The van der Waals surface area contributed by atoms with Crippen LogP contribution in [0.1, 0.15) is 105 Å². The lowest BCUT2D eigenvalue weighted by Gasteiger charge is -2.46. The van der Waals surface area contributed by atoms with Crippen LogP contribution in [0.25, 0.3) is 76.9 Å². The van der Waals surface area contributed by atoms with Crippen molar-refractivity contribution >= 4 is 180 Å². The normalized spacial score (nSPS) is 14.0. The first kappa shape index (κ1) is 64.3. The second-order valence-electron chi connectivity index (χ2n) is 34.5. The molecule has 0 unspecified atom stereocenters. The molecular weight excluding hydrogens is 1310 g/mol. The van der Waals surface area contributed by atoms with Gasteiger partial charge in [-0.1, -0.05) is 210 Å². The monoisotopic (exact) mass is 1400 g/mol. The van der Waals surface area contributed by atoms with E-state index in [0.29, 0.717) is 0 Å². The van der Waals surface area contributed by atoms with E-state index in [4.69, 9.17) is 8.83 Å². The van der Waals surface area contributed by atoms with Gasteiger partial charge in [-0.05, 0) is 217 Å². The molecule has 0 bridgehead atoms. The quantitative estimate of drug-likeness (QED) is 0.155. The molecule has 0 saturated heterocycles. The second kappa shape index (κ2) is 22.7. The predicted octanol–water partition coefficient (Wildman–Crippen LogP) is 22.7. The molecule has 522 valence electrons. The molecule has 8 nitrogen and oxygen atoms in total. The maximum Gasteiger partial charge on any atom is 0.297 e. The molecule has 108 heavy (non-hydrogen) atoms. The van der Waals surface area contributed by atoms with Crippen LogP contribution in [0.3, 0.4) is 0 Å². The van der Waals surface area contributed by atoms with E-state index in [1.165, 1.54) is 43.8 Å². The molecule has 0 amide bonds. The van der Waals surface area contributed by atoms with Crippen LogP contribution in [0.2, 0.25) is 0 Å². The number of hydrogen-bond acceptors (Lipinski definition) is 6. The minimum atomic E-state index is -0.394. The average Bonchev–Trinajstić information content (AvgIpc) is 1.11. The molecular formula is C98H82B2N6O2. The number of furan rings is 2. The number of aromatic nitrogens is 2. The zero-order chi connectivity index (χ0) is 73.3. The number of nitrogens with zero attached hydrogens (tertiary/aromatic N) is 6. The summed E-state index contributed by atoms with van der Waals surface area (Å²) in [7, 11) is 0. The Morgan fingerprint density at radius 1 is 0.241 bits per heavy atom. The number of benzene rings is 13. The molecule has 4 aliphatic heterocycles. The Morgan fingerprint density at radius 2 is 0.519 bits per heavy atom. The zero-order valence-electron chi connectivity index (χ0n) is 63.2. The van der Waals surface area contributed by atoms with Crippen LogP contribution < -0.4 is 52.8 Å². The van der Waals surface area contributed by atoms with Gasteiger partial charge in [0.25, 0.3) is 13.4 Å². The Bertz CT molecular complexity index is 6100. The van der Waals surface area contributed by atoms with Crippen molar-refractivity contribution in [1.82, 2.24) is 9.13 Å². The highest BCUT2D eigenvalue weighted by atomic mass is 16.3. The van der Waals surface area contributed by atoms with E-state index in [9.17, 15) is 0 Å². The lowest BCUT2D eigenvalue weighted by molar-refractivity contribution is 0.590. The molecule has 0 fully saturated rings. The van der Waals surface area contributed by atoms with Gasteiger partial charge < -0.3 is 37.6 Å². The molecule has 10 heteroatoms. The van der Waals surface area contributed by atoms with Crippen molar-refractivity contribution in [2.24, 2.45) is 0 Å². The predicted molar refractivity (Wildman–Crippen MR) is 458 cm³/mol. The Balaban J connectivity index is 0.903. The fourth-order valence-electron chi connectivity index (χ4n) is 18.4. The number of para-hydroxylation sites is 6. The summed E-state index contributed by atoms with van der Waals surface area (Å²) in [5.74, 6) is 0. The topological polar surface area (TPSA) is 49.1 Å². The zero-order valence-corrected chi connectivity index (χ0v) is 63.2. The Hall–Kier alpha value is -12.1. The van der Waals surface area contributed by atoms with Crippen molar-refractivity contribution in [3.63, 3.8) is 0 Å². The van der Waals surface area contributed by atoms with E-state index in [-0.39, 0.29) is 21.7 Å². The molecule has 4 aliphatic rings. The molecule has 21 rings (SSSR count). The van der Waals surface area contributed by atoms with Gasteiger partial charge in [0.2, 0.25) is 0 Å². The molecule has 0 spiro atoms. The first-order valence-electron chi connectivity index (χ1n) is 38.3. The summed E-state index contributed by atoms with van der Waals surface area (Å²) in [6, 6.07) is 105. The van der Waals surface area contributed by atoms with Crippen molar-refractivity contribution < 1.29 is 8.83 Å². The van der Waals surface area contributed by atoms with Crippen molar-refractivity contribution in [2.75, 3.05) is 19.6 Å². The summed E-state index contributed by atoms with van der Waals surface area (Å²) in [5.41, 5.74) is 32.5. The van der Waals surface area contributed by atoms with Gasteiger partial charge >= 0.3 is 0 Å². The van der Waals surface area contributed by atoms with Gasteiger partial charge in [-0.2, -0.15) is 0 Å². The van der Waals surface area contributed by atoms with Gasteiger partial charge in [0.15, 0.2) is 0 Å². The maximum absolute atomic E-state index is 7.67. The summed E-state index contributed by atoms with van der Waals surface area (Å²) in [6.45, 7) is 27.1. The summed E-state index contributed by atoms with van der Waals surface area (Å²) in [5, 5.41) is 7.07. The number of rotatable bonds is 6. The molecule has 0 radical (unpaired) electrons. The third kappa shape index (κ3) is 9.37. The summed E-state index contributed by atoms with van der Waals surface area (Å²) in [6.07, 6.45) is 0. The van der Waals surface area contributed by atoms with Gasteiger partial charge in [-0.25, -0.2) is 0 Å². The second-order valence-corrected chi connectivity index (χ2v) is 34.5. The Labute approximate surface area is 631 Å². The van der Waals surface area contributed by atoms with Gasteiger partial charge in [0, 0.05) is 89.2 Å². The minimum absolute atomic E-state index is 0.0737. The first-order valence-corrected chi connectivity index (χ1v) is 38.3. The van der Waals surface area contributed by atoms with Gasteiger partial charge in [-0.15, -0.1) is 0 Å². The highest BCUT2D eigenvalue weighted by Gasteiger charge is 2.52. The maximum atomic E-state index is 7.67. The Morgan fingerprint density at radius 3 is 0.824 bits per heavy atom. The van der Waals surface area contributed by atoms with Crippen LogP contribution in [0.15, 0.2) is 288 Å². The molecule has 17 aromatic rings. The number of fused-ring (bicyclic) bond motifs is 18. The highest BCUT2D eigenvalue weighted by molar-refractivity contribution is 7.02. The van der Waals surface area contributed by atoms with Crippen molar-refractivity contribution in [1.29, 1.82) is 0 Å². The standard InChI is InChI=1S/C98H82B2N6O2/c1-95(2,3)59-41-45-77-71(49-59)72-50-60(96(4,5)6)42-46-78(72)103(77)67-53-83-89-85(55-67)105(65-33-21-15-22-34-65)91-69-37-25-27-39-87(69)107-93(91)99(89)75-57-76-82(58-81(75)101(83)63-29-17-13-18-30-63)102(64-31-19-14-20-32-64)84-54-68(104-79-47-43-61(97(7,8)9)51-73(79)74-52-62(98(10,11)12)44-48-80(74)104)56-86-90(84)100(76)94-92(70-38-26-28-40-88(70)108-94)106(86)66-35-23-16-24-36-66/h13-58H,1-12H3. The van der Waals surface area contributed by atoms with Gasteiger partial charge in [-0.3, -0.25) is 0 Å². The van der Waals surface area contributed by atoms with E-state index in [1.807, 2.05) is 0 Å². The van der Waals surface area contributed by atoms with Crippen LogP contribution >= 0.6 is 0 Å². The van der Waals surface area contributed by atoms with E-state index < -0.39 is 13.4 Å². The van der Waals surface area contributed by atoms with Crippen LogP contribution in [0.5, 0.6) is 0 Å². The lowest BCUT2D eigenvalue weighted by atomic mass is 9.32. The van der Waals surface area contributed by atoms with Crippen molar-refractivity contribution in [3.8, 4) is 11.4 Å². The third-order valence-corrected chi connectivity index (χ3v) is 23.8. The number of anilines is 12. The first-order chi connectivity index (χ1) is 52.1. The van der Waals surface area contributed by atoms with Crippen LogP contribution in [-0.4, -0.2) is 22.6 Å². The average molecular weight is 1400 g/mol. The molecule has 0 aliphatic carbocycles. The van der Waals surface area contributed by atoms with E-state index in [0.717, 1.165) is 157 Å². The third-order valence-electron chi connectivity index (χ3n) is 23.8. The minimum Gasteiger partial charge on any atom is -0.468 e. The van der Waals surface area contributed by atoms with Crippen LogP contribution in [0, 0.1) is 0 Å². The van der Waals surface area contributed by atoms with Crippen molar-refractivity contribution in [2.45, 2.75) is 105 Å². The fraction of sp³-hybridized carbons (Fsp3) is 0.163. The highest BCUT2D eigenvalue weighted by Crippen LogP contribution is 2.54. The molecule has 8 heterocycles. The van der Waals surface area contributed by atoms with Gasteiger partial charge in [0.1, 0.15) is 11.2 Å². The van der Waals surface area contributed by atoms with Crippen LogP contribution in [-0.2, 0) is 21.7 Å². The summed E-state index contributed by atoms with van der Waals surface area (Å²) >= 11 is 0. The lowest BCUT2D eigenvalue weighted by Crippen LogP contribution is -2.65. The van der Waals surface area contributed by atoms with E-state index in [2.05, 4.69) is 391 Å². The largest absolute Gasteiger partial charge is 0.468 e. The van der Waals surface area contributed by atoms with Gasteiger partial charge in [0.05, 0.1) is 56.1 Å². The molecule has 0 saturated carbocycles. The molecule has 0 atom stereocenters. The summed E-state index contributed by atoms with van der Waals surface area (Å²) in [4.78, 5) is 10.2. The summed E-state index contributed by atoms with van der Waals surface area (Å²) < 4.78 is 20.4. The SMILES string of the molecule is CC(C)(C)c1ccc2c(c1)c1cc(C(C)(C)C)ccc1n2-c1cc2c3c(c1)N(c1ccccc1)c1c(oc4ccccc14)B3c1cc3c(cc1N2c1ccccc1)N(c1ccccc1)c1cc(-n2c4ccc(C(C)(C)C)cc4c4cc(C(C)(C)C)ccc42)cc2c1B3c1oc3ccccc3c1N2c1ccccc1. The molecule has 4 aromatic heterocycles. The van der Waals surface area contributed by atoms with Crippen molar-refractivity contribution in [3.05, 3.63) is 301 Å². The molecule has 0 N–H and O–H groups in total. The fourth-order valence-corrected chi connectivity index (χ4v) is 18.4.